The molecule has 2 aliphatic rings. The Morgan fingerprint density at radius 1 is 1.10 bits per heavy atom. The van der Waals surface area contributed by atoms with E-state index in [-0.39, 0.29) is 0 Å². The van der Waals surface area contributed by atoms with Gasteiger partial charge in [-0.2, -0.15) is 0 Å². The van der Waals surface area contributed by atoms with Gasteiger partial charge in [0.05, 0.1) is 0 Å². The Kier molecular flexibility index (Phi) is 4.32. The van der Waals surface area contributed by atoms with Crippen molar-refractivity contribution in [1.29, 1.82) is 0 Å². The highest BCUT2D eigenvalue weighted by Gasteiger charge is 2.30. The highest BCUT2D eigenvalue weighted by atomic mass is 15.2. The molecule has 2 saturated carbocycles. The van der Waals surface area contributed by atoms with Crippen LogP contribution in [0.2, 0.25) is 0 Å². The molecular weight excluding hydrogens is 260 g/mol. The third-order valence-corrected chi connectivity index (χ3v) is 4.80. The summed E-state index contributed by atoms with van der Waals surface area (Å²) in [5.74, 6) is 3.88. The first-order valence-electron chi connectivity index (χ1n) is 8.63. The Balaban J connectivity index is 1.97. The van der Waals surface area contributed by atoms with Gasteiger partial charge in [0.25, 0.3) is 0 Å². The summed E-state index contributed by atoms with van der Waals surface area (Å²) in [4.78, 5) is 12.3. The smallest absolute Gasteiger partial charge is 0.137 e. The molecule has 2 aliphatic carbocycles. The predicted octanol–water partition coefficient (Wildman–Crippen LogP) is 3.86. The summed E-state index contributed by atoms with van der Waals surface area (Å²) in [6.45, 7) is 8.51. The summed E-state index contributed by atoms with van der Waals surface area (Å²) in [6.07, 6.45) is 7.86. The van der Waals surface area contributed by atoms with Crippen molar-refractivity contribution in [2.24, 2.45) is 0 Å². The first-order chi connectivity index (χ1) is 10.2. The first kappa shape index (κ1) is 14.6. The average molecular weight is 288 g/mol. The summed E-state index contributed by atoms with van der Waals surface area (Å²) < 4.78 is 0. The van der Waals surface area contributed by atoms with Gasteiger partial charge in [0.2, 0.25) is 0 Å². The number of nitrogens with zero attached hydrogens (tertiary/aromatic N) is 3. The molecule has 0 saturated heterocycles. The van der Waals surface area contributed by atoms with Gasteiger partial charge in [-0.3, -0.25) is 0 Å². The van der Waals surface area contributed by atoms with E-state index in [1.54, 1.807) is 0 Å². The molecule has 2 fully saturated rings. The summed E-state index contributed by atoms with van der Waals surface area (Å²) in [7, 11) is 0. The molecule has 1 aromatic rings. The summed E-state index contributed by atoms with van der Waals surface area (Å²) in [6, 6.07) is 0.671. The highest BCUT2D eigenvalue weighted by Crippen LogP contribution is 2.40. The molecular formula is C17H28N4. The van der Waals surface area contributed by atoms with Gasteiger partial charge in [-0.1, -0.05) is 12.8 Å². The molecule has 0 aliphatic heterocycles. The molecule has 4 nitrogen and oxygen atoms in total. The summed E-state index contributed by atoms with van der Waals surface area (Å²) in [5, 5.41) is 3.43. The maximum absolute atomic E-state index is 4.97. The van der Waals surface area contributed by atoms with Crippen molar-refractivity contribution in [3.8, 4) is 0 Å². The van der Waals surface area contributed by atoms with Crippen LogP contribution in [0, 0.1) is 6.92 Å². The molecule has 0 radical (unpaired) electrons. The molecule has 0 spiro atoms. The van der Waals surface area contributed by atoms with E-state index in [1.165, 1.54) is 49.9 Å². The van der Waals surface area contributed by atoms with Gasteiger partial charge in [0.1, 0.15) is 17.5 Å². The van der Waals surface area contributed by atoms with Crippen LogP contribution in [-0.2, 0) is 0 Å². The fourth-order valence-corrected chi connectivity index (χ4v) is 3.46. The van der Waals surface area contributed by atoms with Crippen LogP contribution in [0.5, 0.6) is 0 Å². The lowest BCUT2D eigenvalue weighted by molar-refractivity contribution is 0.609. The molecule has 0 unspecified atom stereocenters. The quantitative estimate of drug-likeness (QED) is 0.863. The predicted molar refractivity (Wildman–Crippen MR) is 88.2 cm³/mol. The van der Waals surface area contributed by atoms with Crippen molar-refractivity contribution in [2.45, 2.75) is 71.3 Å². The topological polar surface area (TPSA) is 41.1 Å². The minimum absolute atomic E-state index is 0.601. The number of hydrogen-bond donors (Lipinski definition) is 1. The Labute approximate surface area is 128 Å². The van der Waals surface area contributed by atoms with Crippen LogP contribution in [0.4, 0.5) is 11.6 Å². The number of hydrogen-bond acceptors (Lipinski definition) is 4. The second-order valence-corrected chi connectivity index (χ2v) is 6.41. The molecule has 116 valence electrons. The Morgan fingerprint density at radius 3 is 2.38 bits per heavy atom. The van der Waals surface area contributed by atoms with E-state index in [4.69, 9.17) is 9.97 Å². The highest BCUT2D eigenvalue weighted by molar-refractivity contribution is 5.59. The van der Waals surface area contributed by atoms with E-state index in [0.29, 0.717) is 12.0 Å². The van der Waals surface area contributed by atoms with E-state index in [2.05, 4.69) is 31.0 Å². The van der Waals surface area contributed by atoms with E-state index in [0.717, 1.165) is 24.7 Å². The summed E-state index contributed by atoms with van der Waals surface area (Å²) >= 11 is 0. The van der Waals surface area contributed by atoms with Crippen LogP contribution in [0.1, 0.15) is 69.7 Å². The molecule has 0 amide bonds. The monoisotopic (exact) mass is 288 g/mol. The largest absolute Gasteiger partial charge is 0.370 e. The molecule has 21 heavy (non-hydrogen) atoms. The minimum atomic E-state index is 0.601. The van der Waals surface area contributed by atoms with Gasteiger partial charge in [-0.25, -0.2) is 9.97 Å². The molecule has 1 aromatic heterocycles. The van der Waals surface area contributed by atoms with E-state index < -0.39 is 0 Å². The van der Waals surface area contributed by atoms with Gasteiger partial charge in [0, 0.05) is 30.6 Å². The number of nitrogens with one attached hydrogen (secondary N) is 1. The van der Waals surface area contributed by atoms with Crippen molar-refractivity contribution < 1.29 is 0 Å². The standard InChI is InChI=1S/C17H28N4/c1-4-18-15-12(3)17(20-16(19-15)13-10-11-13)21(5-2)14-8-6-7-9-14/h13-14H,4-11H2,1-3H3,(H,18,19,20). The molecule has 1 N–H and O–H groups in total. The molecule has 1 heterocycles. The van der Waals surface area contributed by atoms with Crippen LogP contribution in [0.3, 0.4) is 0 Å². The third kappa shape index (κ3) is 2.99. The zero-order chi connectivity index (χ0) is 14.8. The van der Waals surface area contributed by atoms with Crippen LogP contribution in [0.15, 0.2) is 0 Å². The Morgan fingerprint density at radius 2 is 1.81 bits per heavy atom. The van der Waals surface area contributed by atoms with E-state index in [9.17, 15) is 0 Å². The minimum Gasteiger partial charge on any atom is -0.370 e. The first-order valence-corrected chi connectivity index (χ1v) is 8.63. The zero-order valence-corrected chi connectivity index (χ0v) is 13.7. The van der Waals surface area contributed by atoms with Crippen molar-refractivity contribution in [3.63, 3.8) is 0 Å². The zero-order valence-electron chi connectivity index (χ0n) is 13.7. The number of anilines is 2. The lowest BCUT2D eigenvalue weighted by Crippen LogP contribution is -2.34. The lowest BCUT2D eigenvalue weighted by atomic mass is 10.1. The van der Waals surface area contributed by atoms with Gasteiger partial charge < -0.3 is 10.2 Å². The van der Waals surface area contributed by atoms with Crippen molar-refractivity contribution in [1.82, 2.24) is 9.97 Å². The van der Waals surface area contributed by atoms with Crippen molar-refractivity contribution in [3.05, 3.63) is 11.4 Å². The molecule has 4 heteroatoms. The Hall–Kier alpha value is -1.32. The van der Waals surface area contributed by atoms with Crippen LogP contribution in [-0.4, -0.2) is 29.1 Å². The van der Waals surface area contributed by atoms with Crippen LogP contribution >= 0.6 is 0 Å². The van der Waals surface area contributed by atoms with Crippen LogP contribution < -0.4 is 10.2 Å². The normalized spacial score (nSPS) is 19.0. The Bertz CT molecular complexity index is 490. The molecule has 3 rings (SSSR count). The SMILES string of the molecule is CCNc1nc(C2CC2)nc(N(CC)C2CCCC2)c1C. The second kappa shape index (κ2) is 6.20. The molecule has 0 bridgehead atoms. The van der Waals surface area contributed by atoms with Crippen molar-refractivity contribution in [2.75, 3.05) is 23.3 Å². The van der Waals surface area contributed by atoms with E-state index in [1.807, 2.05) is 0 Å². The second-order valence-electron chi connectivity index (χ2n) is 6.41. The van der Waals surface area contributed by atoms with Gasteiger partial charge in [-0.05, 0) is 46.5 Å². The van der Waals surface area contributed by atoms with Crippen LogP contribution in [0.25, 0.3) is 0 Å². The average Bonchev–Trinajstić information content (AvgIpc) is 3.20. The lowest BCUT2D eigenvalue weighted by Gasteiger charge is -2.31. The number of rotatable bonds is 6. The van der Waals surface area contributed by atoms with Gasteiger partial charge in [-0.15, -0.1) is 0 Å². The maximum Gasteiger partial charge on any atom is 0.137 e. The third-order valence-electron chi connectivity index (χ3n) is 4.80. The number of aromatic nitrogens is 2. The molecule has 0 aromatic carbocycles. The van der Waals surface area contributed by atoms with Gasteiger partial charge in [0.15, 0.2) is 0 Å². The summed E-state index contributed by atoms with van der Waals surface area (Å²) in [5.41, 5.74) is 1.22. The van der Waals surface area contributed by atoms with Crippen molar-refractivity contribution >= 4 is 11.6 Å². The fraction of sp³-hybridized carbons (Fsp3) is 0.765. The molecule has 0 atom stereocenters. The van der Waals surface area contributed by atoms with E-state index >= 15 is 0 Å². The van der Waals surface area contributed by atoms with Gasteiger partial charge >= 0.3 is 0 Å². The maximum atomic E-state index is 4.97. The fourth-order valence-electron chi connectivity index (χ4n) is 3.46.